The van der Waals surface area contributed by atoms with E-state index >= 15 is 0 Å². The molecule has 0 radical (unpaired) electrons. The highest BCUT2D eigenvalue weighted by molar-refractivity contribution is 5.47. The maximum Gasteiger partial charge on any atom is 0.140 e. The summed E-state index contributed by atoms with van der Waals surface area (Å²) >= 11 is 0. The van der Waals surface area contributed by atoms with Gasteiger partial charge >= 0.3 is 0 Å². The first-order valence-corrected chi connectivity index (χ1v) is 5.52. The molecule has 1 atom stereocenters. The van der Waals surface area contributed by atoms with Gasteiger partial charge < -0.3 is 10.6 Å². The van der Waals surface area contributed by atoms with Gasteiger partial charge in [-0.1, -0.05) is 6.07 Å². The normalized spacial score (nSPS) is 25.8. The van der Waals surface area contributed by atoms with E-state index in [-0.39, 0.29) is 18.9 Å². The van der Waals surface area contributed by atoms with Crippen molar-refractivity contribution in [3.05, 3.63) is 30.1 Å². The molecule has 0 aromatic heterocycles. The summed E-state index contributed by atoms with van der Waals surface area (Å²) in [5.41, 5.74) is 4.83. The number of rotatable bonds is 2. The summed E-state index contributed by atoms with van der Waals surface area (Å²) in [6.07, 6.45) is 1.25. The highest BCUT2D eigenvalue weighted by Gasteiger charge is 2.34. The molecular weight excluding hydrogens is 210 g/mol. The van der Waals surface area contributed by atoms with E-state index < -0.39 is 5.67 Å². The molecule has 0 saturated carbocycles. The zero-order valence-corrected chi connectivity index (χ0v) is 9.13. The molecule has 1 heterocycles. The molecule has 1 saturated heterocycles. The van der Waals surface area contributed by atoms with Gasteiger partial charge in [-0.25, -0.2) is 8.78 Å². The fourth-order valence-electron chi connectivity index (χ4n) is 2.15. The quantitative estimate of drug-likeness (QED) is 0.836. The Morgan fingerprint density at radius 1 is 1.44 bits per heavy atom. The van der Waals surface area contributed by atoms with Gasteiger partial charge in [-0.3, -0.25) is 0 Å². The van der Waals surface area contributed by atoms with Crippen LogP contribution in [0.1, 0.15) is 12.8 Å². The molecule has 0 spiro atoms. The SMILES string of the molecule is NCC1(F)CCCN(c2cccc(F)c2)C1. The van der Waals surface area contributed by atoms with Gasteiger partial charge in [0.05, 0.1) is 6.54 Å². The molecule has 0 amide bonds. The van der Waals surface area contributed by atoms with Crippen LogP contribution >= 0.6 is 0 Å². The predicted octanol–water partition coefficient (Wildman–Crippen LogP) is 2.09. The van der Waals surface area contributed by atoms with E-state index in [2.05, 4.69) is 0 Å². The summed E-state index contributed by atoms with van der Waals surface area (Å²) in [6, 6.07) is 6.26. The fourth-order valence-corrected chi connectivity index (χ4v) is 2.15. The molecule has 1 unspecified atom stereocenters. The minimum atomic E-state index is -1.33. The van der Waals surface area contributed by atoms with Crippen LogP contribution in [0, 0.1) is 5.82 Å². The van der Waals surface area contributed by atoms with Gasteiger partial charge in [-0.2, -0.15) is 0 Å². The van der Waals surface area contributed by atoms with Crippen LogP contribution in [-0.4, -0.2) is 25.3 Å². The lowest BCUT2D eigenvalue weighted by atomic mass is 9.94. The minimum Gasteiger partial charge on any atom is -0.368 e. The summed E-state index contributed by atoms with van der Waals surface area (Å²) < 4.78 is 27.1. The van der Waals surface area contributed by atoms with Crippen LogP contribution < -0.4 is 10.6 Å². The summed E-state index contributed by atoms with van der Waals surface area (Å²) in [7, 11) is 0. The van der Waals surface area contributed by atoms with Crippen LogP contribution in [0.25, 0.3) is 0 Å². The Balaban J connectivity index is 2.16. The lowest BCUT2D eigenvalue weighted by Crippen LogP contribution is -2.49. The lowest BCUT2D eigenvalue weighted by Gasteiger charge is -2.38. The third-order valence-electron chi connectivity index (χ3n) is 3.07. The summed E-state index contributed by atoms with van der Waals surface area (Å²) in [5, 5.41) is 0. The van der Waals surface area contributed by atoms with Crippen LogP contribution in [-0.2, 0) is 0 Å². The maximum atomic E-state index is 14.1. The smallest absolute Gasteiger partial charge is 0.140 e. The van der Waals surface area contributed by atoms with E-state index in [4.69, 9.17) is 5.73 Å². The molecule has 2 nitrogen and oxygen atoms in total. The van der Waals surface area contributed by atoms with Gasteiger partial charge in [0.25, 0.3) is 0 Å². The van der Waals surface area contributed by atoms with Crippen LogP contribution in [0.4, 0.5) is 14.5 Å². The van der Waals surface area contributed by atoms with Crippen LogP contribution in [0.5, 0.6) is 0 Å². The molecule has 1 aliphatic rings. The summed E-state index contributed by atoms with van der Waals surface area (Å²) in [5.74, 6) is -0.291. The molecular formula is C12H16F2N2. The number of anilines is 1. The van der Waals surface area contributed by atoms with E-state index in [1.54, 1.807) is 12.1 Å². The molecule has 0 bridgehead atoms. The number of nitrogens with zero attached hydrogens (tertiary/aromatic N) is 1. The Bertz CT molecular complexity index is 370. The Hall–Kier alpha value is -1.16. The van der Waals surface area contributed by atoms with E-state index in [0.29, 0.717) is 6.42 Å². The average Bonchev–Trinajstić information content (AvgIpc) is 2.29. The first kappa shape index (κ1) is 11.3. The fraction of sp³-hybridized carbons (Fsp3) is 0.500. The van der Waals surface area contributed by atoms with E-state index in [1.807, 2.05) is 4.90 Å². The Morgan fingerprint density at radius 2 is 2.25 bits per heavy atom. The van der Waals surface area contributed by atoms with Crippen molar-refractivity contribution < 1.29 is 8.78 Å². The van der Waals surface area contributed by atoms with Crippen molar-refractivity contribution >= 4 is 5.69 Å². The first-order valence-electron chi connectivity index (χ1n) is 5.52. The number of halogens is 2. The zero-order chi connectivity index (χ0) is 11.6. The Labute approximate surface area is 94.0 Å². The minimum absolute atomic E-state index is 0.0266. The second-order valence-corrected chi connectivity index (χ2v) is 4.36. The molecule has 4 heteroatoms. The number of benzene rings is 1. The topological polar surface area (TPSA) is 29.3 Å². The van der Waals surface area contributed by atoms with Crippen LogP contribution in [0.2, 0.25) is 0 Å². The van der Waals surface area contributed by atoms with Crippen molar-refractivity contribution in [2.75, 3.05) is 24.5 Å². The third kappa shape index (κ3) is 2.32. The number of hydrogen-bond acceptors (Lipinski definition) is 2. The lowest BCUT2D eigenvalue weighted by molar-refractivity contribution is 0.146. The third-order valence-corrected chi connectivity index (χ3v) is 3.07. The van der Waals surface area contributed by atoms with Gasteiger partial charge in [0.15, 0.2) is 0 Å². The highest BCUT2D eigenvalue weighted by atomic mass is 19.1. The number of nitrogens with two attached hydrogens (primary N) is 1. The first-order chi connectivity index (χ1) is 7.63. The van der Waals surface area contributed by atoms with Crippen molar-refractivity contribution in [3.8, 4) is 0 Å². The van der Waals surface area contributed by atoms with Crippen molar-refractivity contribution in [3.63, 3.8) is 0 Å². The molecule has 1 aromatic rings. The van der Waals surface area contributed by atoms with Gasteiger partial charge in [0, 0.05) is 18.8 Å². The number of alkyl halides is 1. The van der Waals surface area contributed by atoms with E-state index in [1.165, 1.54) is 12.1 Å². The molecule has 88 valence electrons. The molecule has 2 N–H and O–H groups in total. The van der Waals surface area contributed by atoms with Crippen molar-refractivity contribution in [2.45, 2.75) is 18.5 Å². The molecule has 1 aliphatic heterocycles. The Kier molecular flexibility index (Phi) is 3.10. The van der Waals surface area contributed by atoms with Gasteiger partial charge in [-0.15, -0.1) is 0 Å². The monoisotopic (exact) mass is 226 g/mol. The molecule has 0 aliphatic carbocycles. The van der Waals surface area contributed by atoms with E-state index in [0.717, 1.165) is 18.7 Å². The predicted molar refractivity (Wildman–Crippen MR) is 60.7 cm³/mol. The zero-order valence-electron chi connectivity index (χ0n) is 9.13. The van der Waals surface area contributed by atoms with Crippen molar-refractivity contribution in [2.24, 2.45) is 5.73 Å². The largest absolute Gasteiger partial charge is 0.368 e. The second-order valence-electron chi connectivity index (χ2n) is 4.36. The highest BCUT2D eigenvalue weighted by Crippen LogP contribution is 2.28. The second kappa shape index (κ2) is 4.37. The molecule has 2 rings (SSSR count). The van der Waals surface area contributed by atoms with Gasteiger partial charge in [0.2, 0.25) is 0 Å². The van der Waals surface area contributed by atoms with Crippen molar-refractivity contribution in [1.29, 1.82) is 0 Å². The Morgan fingerprint density at radius 3 is 2.94 bits per heavy atom. The maximum absolute atomic E-state index is 14.1. The molecule has 16 heavy (non-hydrogen) atoms. The van der Waals surface area contributed by atoms with Crippen LogP contribution in [0.15, 0.2) is 24.3 Å². The average molecular weight is 226 g/mol. The van der Waals surface area contributed by atoms with Crippen molar-refractivity contribution in [1.82, 2.24) is 0 Å². The number of piperidine rings is 1. The summed E-state index contributed by atoms with van der Waals surface area (Å²) in [4.78, 5) is 1.86. The molecule has 1 aromatic carbocycles. The van der Waals surface area contributed by atoms with Crippen LogP contribution in [0.3, 0.4) is 0 Å². The number of hydrogen-bond donors (Lipinski definition) is 1. The van der Waals surface area contributed by atoms with Gasteiger partial charge in [0.1, 0.15) is 11.5 Å². The van der Waals surface area contributed by atoms with Gasteiger partial charge in [-0.05, 0) is 31.0 Å². The molecule has 1 fully saturated rings. The van der Waals surface area contributed by atoms with E-state index in [9.17, 15) is 8.78 Å². The summed E-state index contributed by atoms with van der Waals surface area (Å²) in [6.45, 7) is 1.04. The standard InChI is InChI=1S/C12H16F2N2/c13-10-3-1-4-11(7-10)16-6-2-5-12(14,8-15)9-16/h1,3-4,7H,2,5-6,8-9,15H2.